The van der Waals surface area contributed by atoms with Crippen molar-refractivity contribution in [3.8, 4) is 5.69 Å². The van der Waals surface area contributed by atoms with Crippen LogP contribution in [0.15, 0.2) is 35.3 Å². The van der Waals surface area contributed by atoms with E-state index in [2.05, 4.69) is 62.5 Å². The predicted octanol–water partition coefficient (Wildman–Crippen LogP) is 1.97. The van der Waals surface area contributed by atoms with E-state index in [9.17, 15) is 0 Å². The number of nitrogens with one attached hydrogen (secondary N) is 1. The highest BCUT2D eigenvalue weighted by Gasteiger charge is 2.30. The number of benzene rings is 1. The van der Waals surface area contributed by atoms with Crippen LogP contribution in [-0.2, 0) is 11.3 Å². The zero-order chi connectivity index (χ0) is 20.2. The summed E-state index contributed by atoms with van der Waals surface area (Å²) < 4.78 is 7.53. The van der Waals surface area contributed by atoms with E-state index < -0.39 is 0 Å². The Morgan fingerprint density at radius 2 is 2.00 bits per heavy atom. The molecule has 2 aliphatic rings. The number of aliphatic imine (C=N–C) groups is 1. The lowest BCUT2D eigenvalue weighted by atomic mass is 10.1. The van der Waals surface area contributed by atoms with Gasteiger partial charge in [-0.1, -0.05) is 18.2 Å². The van der Waals surface area contributed by atoms with Crippen molar-refractivity contribution >= 4 is 5.96 Å². The number of aromatic nitrogens is 2. The Labute approximate surface area is 173 Å². The number of aryl methyl sites for hydroxylation is 2. The topological polar surface area (TPSA) is 57.9 Å². The molecule has 1 unspecified atom stereocenters. The number of ether oxygens (including phenoxy) is 1. The van der Waals surface area contributed by atoms with Crippen LogP contribution in [0.1, 0.15) is 23.4 Å². The van der Waals surface area contributed by atoms with Crippen LogP contribution in [0.2, 0.25) is 0 Å². The Morgan fingerprint density at radius 1 is 1.21 bits per heavy atom. The summed E-state index contributed by atoms with van der Waals surface area (Å²) in [5.41, 5.74) is 4.51. The molecule has 1 aromatic heterocycles. The molecule has 0 aliphatic carbocycles. The lowest BCUT2D eigenvalue weighted by Crippen LogP contribution is -2.46. The van der Waals surface area contributed by atoms with Gasteiger partial charge in [0, 0.05) is 51.5 Å². The van der Waals surface area contributed by atoms with Crippen LogP contribution >= 0.6 is 0 Å². The van der Waals surface area contributed by atoms with Crippen molar-refractivity contribution in [2.45, 2.75) is 32.9 Å². The van der Waals surface area contributed by atoms with E-state index >= 15 is 0 Å². The van der Waals surface area contributed by atoms with E-state index in [0.29, 0.717) is 6.04 Å². The summed E-state index contributed by atoms with van der Waals surface area (Å²) in [6, 6.07) is 11.1. The zero-order valence-corrected chi connectivity index (χ0v) is 17.8. The molecule has 2 fully saturated rings. The first-order chi connectivity index (χ1) is 14.2. The van der Waals surface area contributed by atoms with E-state index in [4.69, 9.17) is 4.74 Å². The molecule has 7 heteroatoms. The lowest BCUT2D eigenvalue weighted by Gasteiger charge is -2.32. The molecular weight excluding hydrogens is 364 g/mol. The van der Waals surface area contributed by atoms with E-state index in [1.807, 2.05) is 18.7 Å². The predicted molar refractivity (Wildman–Crippen MR) is 116 cm³/mol. The molecule has 3 heterocycles. The largest absolute Gasteiger partial charge is 0.379 e. The fraction of sp³-hybridized carbons (Fsp3) is 0.545. The number of likely N-dealkylation sites (tertiary alicyclic amines) is 1. The van der Waals surface area contributed by atoms with Crippen LogP contribution in [0, 0.1) is 13.8 Å². The monoisotopic (exact) mass is 396 g/mol. The van der Waals surface area contributed by atoms with Gasteiger partial charge in [0.2, 0.25) is 0 Å². The number of guanidine groups is 1. The Hall–Kier alpha value is -2.38. The molecule has 1 aromatic carbocycles. The molecule has 0 saturated carbocycles. The molecule has 2 aliphatic heterocycles. The maximum absolute atomic E-state index is 5.50. The third-order valence-electron chi connectivity index (χ3n) is 5.90. The van der Waals surface area contributed by atoms with Crippen molar-refractivity contribution < 1.29 is 4.74 Å². The molecule has 4 rings (SSSR count). The Balaban J connectivity index is 1.41. The van der Waals surface area contributed by atoms with Crippen molar-refractivity contribution in [2.75, 3.05) is 46.4 Å². The minimum Gasteiger partial charge on any atom is -0.379 e. The van der Waals surface area contributed by atoms with Gasteiger partial charge in [0.1, 0.15) is 0 Å². The number of nitrogens with zero attached hydrogens (tertiary/aromatic N) is 5. The van der Waals surface area contributed by atoms with Gasteiger partial charge in [-0.05, 0) is 38.0 Å². The van der Waals surface area contributed by atoms with Gasteiger partial charge >= 0.3 is 0 Å². The molecule has 1 N–H and O–H groups in total. The fourth-order valence-corrected chi connectivity index (χ4v) is 4.42. The molecule has 0 spiro atoms. The second-order valence-electron chi connectivity index (χ2n) is 7.91. The van der Waals surface area contributed by atoms with E-state index in [1.165, 1.54) is 12.0 Å². The summed E-state index contributed by atoms with van der Waals surface area (Å²) in [4.78, 5) is 9.50. The van der Waals surface area contributed by atoms with E-state index in [1.54, 1.807) is 0 Å². The highest BCUT2D eigenvalue weighted by molar-refractivity contribution is 5.80. The van der Waals surface area contributed by atoms with Crippen molar-refractivity contribution in [1.29, 1.82) is 0 Å². The molecule has 29 heavy (non-hydrogen) atoms. The third-order valence-corrected chi connectivity index (χ3v) is 5.90. The molecule has 0 bridgehead atoms. The summed E-state index contributed by atoms with van der Waals surface area (Å²) >= 11 is 0. The van der Waals surface area contributed by atoms with Crippen molar-refractivity contribution in [3.05, 3.63) is 47.3 Å². The zero-order valence-electron chi connectivity index (χ0n) is 17.8. The van der Waals surface area contributed by atoms with Crippen LogP contribution < -0.4 is 5.32 Å². The van der Waals surface area contributed by atoms with Gasteiger partial charge in [-0.25, -0.2) is 4.68 Å². The average molecular weight is 397 g/mol. The number of para-hydroxylation sites is 1. The quantitative estimate of drug-likeness (QED) is 0.633. The summed E-state index contributed by atoms with van der Waals surface area (Å²) in [6.45, 7) is 10.7. The van der Waals surface area contributed by atoms with Gasteiger partial charge < -0.3 is 15.0 Å². The molecule has 156 valence electrons. The molecule has 2 saturated heterocycles. The second-order valence-corrected chi connectivity index (χ2v) is 7.91. The molecule has 2 aromatic rings. The van der Waals surface area contributed by atoms with Crippen LogP contribution in [0.5, 0.6) is 0 Å². The van der Waals surface area contributed by atoms with Crippen LogP contribution in [-0.4, -0.2) is 78.0 Å². The van der Waals surface area contributed by atoms with Crippen LogP contribution in [0.25, 0.3) is 5.69 Å². The summed E-state index contributed by atoms with van der Waals surface area (Å²) in [7, 11) is 1.87. The van der Waals surface area contributed by atoms with Gasteiger partial charge in [0.15, 0.2) is 5.96 Å². The lowest BCUT2D eigenvalue weighted by molar-refractivity contribution is 0.0195. The van der Waals surface area contributed by atoms with E-state index in [-0.39, 0.29) is 0 Å². The van der Waals surface area contributed by atoms with Crippen molar-refractivity contribution in [3.63, 3.8) is 0 Å². The van der Waals surface area contributed by atoms with Crippen molar-refractivity contribution in [1.82, 2.24) is 24.9 Å². The molecule has 0 radical (unpaired) electrons. The average Bonchev–Trinajstić information content (AvgIpc) is 3.36. The minimum absolute atomic E-state index is 0.597. The number of hydrogen-bond donors (Lipinski definition) is 1. The first kappa shape index (κ1) is 19.9. The Bertz CT molecular complexity index is 855. The maximum Gasteiger partial charge on any atom is 0.193 e. The minimum atomic E-state index is 0.597. The summed E-state index contributed by atoms with van der Waals surface area (Å²) in [5.74, 6) is 0.976. The second kappa shape index (κ2) is 8.97. The van der Waals surface area contributed by atoms with Gasteiger partial charge in [-0.3, -0.25) is 9.89 Å². The third kappa shape index (κ3) is 4.46. The van der Waals surface area contributed by atoms with Gasteiger partial charge in [0.25, 0.3) is 0 Å². The standard InChI is InChI=1S/C22H32N6O/c1-17-14-18(2)28(25-17)21-7-5-4-6-19(21)15-24-22(23-3)27-9-8-20(16-27)26-10-12-29-13-11-26/h4-7,14,20H,8-13,15-16H2,1-3H3,(H,23,24). The smallest absolute Gasteiger partial charge is 0.193 e. The Kier molecular flexibility index (Phi) is 6.16. The SMILES string of the molecule is CN=C(NCc1ccccc1-n1nc(C)cc1C)N1CCC(N2CCOCC2)C1. The molecule has 1 atom stereocenters. The van der Waals surface area contributed by atoms with E-state index in [0.717, 1.165) is 69.0 Å². The van der Waals surface area contributed by atoms with Crippen molar-refractivity contribution in [2.24, 2.45) is 4.99 Å². The van der Waals surface area contributed by atoms with Crippen LogP contribution in [0.3, 0.4) is 0 Å². The molecule has 7 nitrogen and oxygen atoms in total. The number of rotatable bonds is 4. The fourth-order valence-electron chi connectivity index (χ4n) is 4.42. The van der Waals surface area contributed by atoms with Gasteiger partial charge in [0.05, 0.1) is 24.6 Å². The highest BCUT2D eigenvalue weighted by Crippen LogP contribution is 2.19. The normalized spacial score (nSPS) is 21.0. The molecular formula is C22H32N6O. The molecule has 0 amide bonds. The number of hydrogen-bond acceptors (Lipinski definition) is 4. The van der Waals surface area contributed by atoms with Gasteiger partial charge in [-0.15, -0.1) is 0 Å². The highest BCUT2D eigenvalue weighted by atomic mass is 16.5. The summed E-state index contributed by atoms with van der Waals surface area (Å²) in [6.07, 6.45) is 1.18. The Morgan fingerprint density at radius 3 is 2.72 bits per heavy atom. The first-order valence-corrected chi connectivity index (χ1v) is 10.5. The summed E-state index contributed by atoms with van der Waals surface area (Å²) in [5, 5.41) is 8.24. The van der Waals surface area contributed by atoms with Gasteiger partial charge in [-0.2, -0.15) is 5.10 Å². The maximum atomic E-state index is 5.50. The van der Waals surface area contributed by atoms with Crippen LogP contribution in [0.4, 0.5) is 0 Å². The number of morpholine rings is 1. The first-order valence-electron chi connectivity index (χ1n) is 10.5.